The topological polar surface area (TPSA) is 119 Å². The number of aliphatic hydroxyl groups is 1. The van der Waals surface area contributed by atoms with Crippen LogP contribution in [0, 0.1) is 5.92 Å². The summed E-state index contributed by atoms with van der Waals surface area (Å²) in [5.41, 5.74) is 0.0452. The molecule has 1 amide bonds. The summed E-state index contributed by atoms with van der Waals surface area (Å²) in [7, 11) is 0. The first-order chi connectivity index (χ1) is 9.02. The number of carboxylic acid groups (broad SMARTS) is 1. The summed E-state index contributed by atoms with van der Waals surface area (Å²) in [4.78, 5) is 25.3. The van der Waals surface area contributed by atoms with Crippen LogP contribution in [-0.4, -0.2) is 56.7 Å². The number of β-lactam (4-membered cyclic amide) rings is 1. The number of carbonyl (C=O) groups excluding carboxylic acids is 1. The standard InChI is InChI=1S/C12H15NO5S.Na.H2O.H/c1-5(14)7-10(15)13-8(12(16)17)9(19-11(7)13)6-3-2-4-18-6;;;/h5-7,11,14H,2-4H2,1H3,(H,16,17);;1H2;/q;+1;;-1/t5-,6-,7+,11-;;;/m1.../s1. The van der Waals surface area contributed by atoms with Crippen molar-refractivity contribution in [1.29, 1.82) is 0 Å². The molecule has 0 saturated carbocycles. The van der Waals surface area contributed by atoms with Gasteiger partial charge in [-0.3, -0.25) is 9.69 Å². The minimum absolute atomic E-state index is 0. The van der Waals surface area contributed by atoms with Crippen LogP contribution in [0.2, 0.25) is 0 Å². The number of ether oxygens (including phenoxy) is 1. The summed E-state index contributed by atoms with van der Waals surface area (Å²) in [6.45, 7) is 2.19. The zero-order chi connectivity index (χ0) is 13.7. The molecule has 3 heterocycles. The van der Waals surface area contributed by atoms with E-state index in [2.05, 4.69) is 0 Å². The molecule has 7 nitrogen and oxygen atoms in total. The molecule has 114 valence electrons. The van der Waals surface area contributed by atoms with E-state index in [0.717, 1.165) is 12.8 Å². The Balaban J connectivity index is 0.00000147. The van der Waals surface area contributed by atoms with Crippen LogP contribution in [-0.2, 0) is 14.3 Å². The normalized spacial score (nSPS) is 32.0. The number of amides is 1. The van der Waals surface area contributed by atoms with Crippen LogP contribution in [0.1, 0.15) is 21.2 Å². The van der Waals surface area contributed by atoms with Gasteiger partial charge in [0.1, 0.15) is 11.1 Å². The molecular formula is C12H18NNaO6S. The molecule has 4 N–H and O–H groups in total. The molecule has 2 fully saturated rings. The van der Waals surface area contributed by atoms with Gasteiger partial charge in [-0.25, -0.2) is 4.79 Å². The van der Waals surface area contributed by atoms with Gasteiger partial charge in [-0.2, -0.15) is 0 Å². The van der Waals surface area contributed by atoms with E-state index in [1.54, 1.807) is 6.92 Å². The van der Waals surface area contributed by atoms with Crippen LogP contribution in [0.5, 0.6) is 0 Å². The first-order valence-electron chi connectivity index (χ1n) is 6.29. The fourth-order valence-electron chi connectivity index (χ4n) is 2.82. The first-order valence-corrected chi connectivity index (χ1v) is 7.17. The quantitative estimate of drug-likeness (QED) is 0.413. The summed E-state index contributed by atoms with van der Waals surface area (Å²) in [6, 6.07) is 0. The van der Waals surface area contributed by atoms with Crippen LogP contribution < -0.4 is 29.6 Å². The Labute approximate surface area is 149 Å². The number of carboxylic acids is 1. The Morgan fingerprint density at radius 2 is 2.24 bits per heavy atom. The second-order valence-electron chi connectivity index (χ2n) is 5.00. The van der Waals surface area contributed by atoms with E-state index in [-0.39, 0.29) is 59.5 Å². The number of aliphatic carboxylic acids is 1. The second-order valence-corrected chi connectivity index (χ2v) is 6.16. The molecular weight excluding hydrogens is 309 g/mol. The van der Waals surface area contributed by atoms with Crippen molar-refractivity contribution in [2.75, 3.05) is 6.61 Å². The van der Waals surface area contributed by atoms with Crippen LogP contribution in [0.15, 0.2) is 10.6 Å². The van der Waals surface area contributed by atoms with Gasteiger partial charge in [0.25, 0.3) is 0 Å². The Bertz CT molecular complexity index is 482. The van der Waals surface area contributed by atoms with Gasteiger partial charge >= 0.3 is 35.5 Å². The Morgan fingerprint density at radius 3 is 2.71 bits per heavy atom. The molecule has 0 spiro atoms. The molecule has 9 heteroatoms. The Kier molecular flexibility index (Phi) is 6.31. The van der Waals surface area contributed by atoms with Crippen molar-refractivity contribution < 1.29 is 61.0 Å². The Hall–Kier alpha value is -0.0900. The molecule has 3 rings (SSSR count). The summed E-state index contributed by atoms with van der Waals surface area (Å²) >= 11 is 1.35. The number of carbonyl (C=O) groups is 2. The van der Waals surface area contributed by atoms with Gasteiger partial charge in [-0.15, -0.1) is 0 Å². The van der Waals surface area contributed by atoms with Crippen molar-refractivity contribution in [3.05, 3.63) is 10.6 Å². The smallest absolute Gasteiger partial charge is 1.00 e. The van der Waals surface area contributed by atoms with E-state index in [1.165, 1.54) is 16.7 Å². The van der Waals surface area contributed by atoms with E-state index in [4.69, 9.17) is 4.74 Å². The number of rotatable bonds is 3. The maximum atomic E-state index is 12.0. The molecule has 21 heavy (non-hydrogen) atoms. The third-order valence-corrected chi connectivity index (χ3v) is 5.21. The van der Waals surface area contributed by atoms with Crippen molar-refractivity contribution in [2.45, 2.75) is 37.3 Å². The van der Waals surface area contributed by atoms with Crippen molar-refractivity contribution in [2.24, 2.45) is 5.92 Å². The van der Waals surface area contributed by atoms with Gasteiger partial charge in [0, 0.05) is 11.5 Å². The summed E-state index contributed by atoms with van der Waals surface area (Å²) < 4.78 is 5.53. The largest absolute Gasteiger partial charge is 1.00 e. The molecule has 3 aliphatic heterocycles. The van der Waals surface area contributed by atoms with Crippen molar-refractivity contribution in [1.82, 2.24) is 4.90 Å². The van der Waals surface area contributed by atoms with Gasteiger partial charge in [0.2, 0.25) is 5.91 Å². The van der Waals surface area contributed by atoms with E-state index in [0.29, 0.717) is 11.5 Å². The minimum Gasteiger partial charge on any atom is -1.00 e. The van der Waals surface area contributed by atoms with E-state index in [1.807, 2.05) is 0 Å². The van der Waals surface area contributed by atoms with Crippen molar-refractivity contribution in [3.8, 4) is 0 Å². The average Bonchev–Trinajstić information content (AvgIpc) is 2.92. The summed E-state index contributed by atoms with van der Waals surface area (Å²) in [6.07, 6.45) is 0.706. The molecule has 0 aromatic carbocycles. The van der Waals surface area contributed by atoms with Crippen LogP contribution >= 0.6 is 11.8 Å². The molecule has 0 unspecified atom stereocenters. The Morgan fingerprint density at radius 1 is 1.57 bits per heavy atom. The van der Waals surface area contributed by atoms with Crippen molar-refractivity contribution >= 4 is 23.6 Å². The summed E-state index contributed by atoms with van der Waals surface area (Å²) in [5, 5.41) is 18.6. The van der Waals surface area contributed by atoms with E-state index in [9.17, 15) is 19.8 Å². The minimum atomic E-state index is -1.10. The average molecular weight is 327 g/mol. The molecule has 2 saturated heterocycles. The monoisotopic (exact) mass is 327 g/mol. The fourth-order valence-corrected chi connectivity index (χ4v) is 4.52. The third kappa shape index (κ3) is 2.90. The predicted octanol–water partition coefficient (Wildman–Crippen LogP) is -3.33. The molecule has 0 aromatic heterocycles. The number of thioether (sulfide) groups is 1. The van der Waals surface area contributed by atoms with Gasteiger partial charge in [-0.05, 0) is 19.8 Å². The van der Waals surface area contributed by atoms with Gasteiger partial charge in [-0.1, -0.05) is 11.8 Å². The maximum Gasteiger partial charge on any atom is 1.00 e. The molecule has 0 aliphatic carbocycles. The van der Waals surface area contributed by atoms with Crippen LogP contribution in [0.4, 0.5) is 0 Å². The first kappa shape index (κ1) is 19.0. The predicted molar refractivity (Wildman–Crippen MR) is 71.8 cm³/mol. The van der Waals surface area contributed by atoms with Crippen LogP contribution in [0.3, 0.4) is 0 Å². The number of nitrogens with zero attached hydrogens (tertiary/aromatic N) is 1. The molecule has 0 bridgehead atoms. The zero-order valence-corrected chi connectivity index (χ0v) is 14.7. The van der Waals surface area contributed by atoms with Gasteiger partial charge < -0.3 is 21.9 Å². The SMILES string of the molecule is C[C@@H](O)[C@H]1C(=O)N2C(C(=O)O)=C([C@H]3CCCO3)S[C@H]12.O.[H-].[Na+]. The fraction of sp³-hybridized carbons (Fsp3) is 0.667. The molecule has 0 aromatic rings. The molecule has 0 radical (unpaired) electrons. The molecule has 4 atom stereocenters. The number of fused-ring (bicyclic) bond motifs is 1. The van der Waals surface area contributed by atoms with E-state index >= 15 is 0 Å². The number of hydrogen-bond donors (Lipinski definition) is 2. The summed E-state index contributed by atoms with van der Waals surface area (Å²) in [5.74, 6) is -1.92. The zero-order valence-electron chi connectivity index (χ0n) is 12.9. The van der Waals surface area contributed by atoms with Gasteiger partial charge in [0.05, 0.1) is 18.1 Å². The molecule has 3 aliphatic rings. The maximum absolute atomic E-state index is 12.0. The number of aliphatic hydroxyl groups excluding tert-OH is 1. The van der Waals surface area contributed by atoms with Crippen molar-refractivity contribution in [3.63, 3.8) is 0 Å². The number of hydrogen-bond acceptors (Lipinski definition) is 5. The van der Waals surface area contributed by atoms with Gasteiger partial charge in [0.15, 0.2) is 0 Å². The third-order valence-electron chi connectivity index (χ3n) is 3.75. The van der Waals surface area contributed by atoms with E-state index < -0.39 is 18.0 Å². The van der Waals surface area contributed by atoms with Crippen LogP contribution in [0.25, 0.3) is 0 Å². The second kappa shape index (κ2) is 6.99.